The molecule has 0 saturated carbocycles. The highest BCUT2D eigenvalue weighted by Gasteiger charge is 2.16. The third kappa shape index (κ3) is 3.80. The van der Waals surface area contributed by atoms with Crippen LogP contribution >= 0.6 is 11.8 Å². The summed E-state index contributed by atoms with van der Waals surface area (Å²) >= 11 is 1.34. The van der Waals surface area contributed by atoms with Gasteiger partial charge in [0.2, 0.25) is 5.91 Å². The molecule has 0 bridgehead atoms. The molecule has 0 spiro atoms. The highest BCUT2D eigenvalue weighted by atomic mass is 32.2. The van der Waals surface area contributed by atoms with E-state index in [2.05, 4.69) is 15.5 Å². The van der Waals surface area contributed by atoms with E-state index in [1.54, 1.807) is 30.0 Å². The number of aryl methyl sites for hydroxylation is 1. The lowest BCUT2D eigenvalue weighted by Gasteiger charge is -2.11. The Hall–Kier alpha value is -1.89. The van der Waals surface area contributed by atoms with Gasteiger partial charge in [-0.25, -0.2) is 4.39 Å². The molecule has 2 rings (SSSR count). The molecule has 0 fully saturated rings. The predicted molar refractivity (Wildman–Crippen MR) is 74.6 cm³/mol. The van der Waals surface area contributed by atoms with Crippen molar-refractivity contribution in [3.8, 4) is 0 Å². The molecular formula is C13H15FN4OS. The van der Waals surface area contributed by atoms with E-state index in [4.69, 9.17) is 0 Å². The number of halogens is 1. The number of hydrogen-bond acceptors (Lipinski definition) is 4. The number of aromatic nitrogens is 3. The number of thioether (sulfide) groups is 1. The van der Waals surface area contributed by atoms with Crippen LogP contribution in [0.25, 0.3) is 0 Å². The molecular weight excluding hydrogens is 279 g/mol. The van der Waals surface area contributed by atoms with E-state index < -0.39 is 0 Å². The van der Waals surface area contributed by atoms with Gasteiger partial charge >= 0.3 is 0 Å². The van der Waals surface area contributed by atoms with E-state index in [0.717, 1.165) is 5.56 Å². The number of carbonyl (C=O) groups is 1. The maximum atomic E-state index is 12.8. The summed E-state index contributed by atoms with van der Waals surface area (Å²) in [5.41, 5.74) is 0.857. The van der Waals surface area contributed by atoms with E-state index in [-0.39, 0.29) is 17.0 Å². The van der Waals surface area contributed by atoms with Crippen molar-refractivity contribution < 1.29 is 9.18 Å². The van der Waals surface area contributed by atoms with Crippen LogP contribution in [0.3, 0.4) is 0 Å². The van der Waals surface area contributed by atoms with Crippen LogP contribution in [0.15, 0.2) is 35.7 Å². The van der Waals surface area contributed by atoms with E-state index in [1.165, 1.54) is 23.9 Å². The molecule has 0 aliphatic carbocycles. The second kappa shape index (κ2) is 6.51. The average Bonchev–Trinajstić information content (AvgIpc) is 2.83. The summed E-state index contributed by atoms with van der Waals surface area (Å²) in [6, 6.07) is 6.05. The van der Waals surface area contributed by atoms with Gasteiger partial charge in [-0.15, -0.1) is 10.2 Å². The van der Waals surface area contributed by atoms with E-state index in [1.807, 2.05) is 7.05 Å². The van der Waals surface area contributed by atoms with E-state index in [9.17, 15) is 9.18 Å². The van der Waals surface area contributed by atoms with Crippen LogP contribution in [-0.4, -0.2) is 25.9 Å². The topological polar surface area (TPSA) is 59.8 Å². The smallest absolute Gasteiger partial charge is 0.233 e. The fraction of sp³-hybridized carbons (Fsp3) is 0.308. The highest BCUT2D eigenvalue weighted by molar-refractivity contribution is 8.00. The summed E-state index contributed by atoms with van der Waals surface area (Å²) in [6.07, 6.45) is 1.59. The van der Waals surface area contributed by atoms with Crippen molar-refractivity contribution in [3.05, 3.63) is 42.0 Å². The molecule has 1 N–H and O–H groups in total. The Bertz CT molecular complexity index is 584. The standard InChI is InChI=1S/C13H15FN4OS/c1-9(20-13-17-16-8-18(13)2)12(19)15-7-10-3-5-11(14)6-4-10/h3-6,8-9H,7H2,1-2H3,(H,15,19)/t9-/m1/s1. The Morgan fingerprint density at radius 1 is 1.45 bits per heavy atom. The lowest BCUT2D eigenvalue weighted by molar-refractivity contribution is -0.120. The van der Waals surface area contributed by atoms with Crippen molar-refractivity contribution in [2.75, 3.05) is 0 Å². The zero-order valence-corrected chi connectivity index (χ0v) is 12.0. The number of rotatable bonds is 5. The summed E-state index contributed by atoms with van der Waals surface area (Å²) in [4.78, 5) is 12.0. The minimum atomic E-state index is -0.286. The maximum Gasteiger partial charge on any atom is 0.233 e. The summed E-state index contributed by atoms with van der Waals surface area (Å²) in [6.45, 7) is 2.18. The van der Waals surface area contributed by atoms with Crippen LogP contribution in [0.1, 0.15) is 12.5 Å². The second-order valence-electron chi connectivity index (χ2n) is 4.33. The van der Waals surface area contributed by atoms with Crippen LogP contribution in [0.4, 0.5) is 4.39 Å². The molecule has 0 aliphatic heterocycles. The first-order chi connectivity index (χ1) is 9.56. The van der Waals surface area contributed by atoms with Crippen LogP contribution in [0.2, 0.25) is 0 Å². The number of benzene rings is 1. The molecule has 1 amide bonds. The van der Waals surface area contributed by atoms with Crippen molar-refractivity contribution in [2.45, 2.75) is 23.9 Å². The minimum Gasteiger partial charge on any atom is -0.351 e. The van der Waals surface area contributed by atoms with Gasteiger partial charge in [-0.2, -0.15) is 0 Å². The number of amides is 1. The minimum absolute atomic E-state index is 0.0951. The molecule has 1 atom stereocenters. The maximum absolute atomic E-state index is 12.8. The normalized spacial score (nSPS) is 12.2. The fourth-order valence-electron chi connectivity index (χ4n) is 1.53. The van der Waals surface area contributed by atoms with Crippen molar-refractivity contribution in [2.24, 2.45) is 7.05 Å². The van der Waals surface area contributed by atoms with Gasteiger partial charge in [-0.05, 0) is 24.6 Å². The number of hydrogen-bond donors (Lipinski definition) is 1. The Morgan fingerprint density at radius 2 is 2.15 bits per heavy atom. The third-order valence-electron chi connectivity index (χ3n) is 2.70. The third-order valence-corrected chi connectivity index (χ3v) is 3.85. The van der Waals surface area contributed by atoms with Crippen LogP contribution in [-0.2, 0) is 18.4 Å². The van der Waals surface area contributed by atoms with Crippen molar-refractivity contribution in [3.63, 3.8) is 0 Å². The molecule has 106 valence electrons. The first kappa shape index (κ1) is 14.5. The molecule has 1 heterocycles. The molecule has 5 nitrogen and oxygen atoms in total. The van der Waals surface area contributed by atoms with Gasteiger partial charge in [-0.1, -0.05) is 23.9 Å². The predicted octanol–water partition coefficient (Wildman–Crippen LogP) is 1.75. The molecule has 20 heavy (non-hydrogen) atoms. The van der Waals surface area contributed by atoms with Crippen molar-refractivity contribution in [1.29, 1.82) is 0 Å². The fourth-order valence-corrected chi connectivity index (χ4v) is 2.34. The van der Waals surface area contributed by atoms with Crippen molar-refractivity contribution >= 4 is 17.7 Å². The van der Waals surface area contributed by atoms with Gasteiger partial charge in [0, 0.05) is 13.6 Å². The molecule has 7 heteroatoms. The van der Waals surface area contributed by atoms with Gasteiger partial charge in [0.1, 0.15) is 12.1 Å². The van der Waals surface area contributed by atoms with Crippen LogP contribution in [0.5, 0.6) is 0 Å². The Kier molecular flexibility index (Phi) is 4.73. The second-order valence-corrected chi connectivity index (χ2v) is 5.64. The van der Waals surface area contributed by atoms with Crippen LogP contribution < -0.4 is 5.32 Å². The SMILES string of the molecule is C[C@@H](Sc1nncn1C)C(=O)NCc1ccc(F)cc1. The highest BCUT2D eigenvalue weighted by Crippen LogP contribution is 2.19. The van der Waals surface area contributed by atoms with E-state index in [0.29, 0.717) is 11.7 Å². The lowest BCUT2D eigenvalue weighted by atomic mass is 10.2. The molecule has 0 aliphatic rings. The average molecular weight is 294 g/mol. The molecule has 1 aromatic heterocycles. The van der Waals surface area contributed by atoms with Gasteiger partial charge in [0.15, 0.2) is 5.16 Å². The molecule has 1 aromatic carbocycles. The summed E-state index contributed by atoms with van der Waals surface area (Å²) in [5, 5.41) is 10.9. The lowest BCUT2D eigenvalue weighted by Crippen LogP contribution is -2.30. The van der Waals surface area contributed by atoms with Crippen LogP contribution in [0, 0.1) is 5.82 Å². The van der Waals surface area contributed by atoms with E-state index >= 15 is 0 Å². The zero-order valence-electron chi connectivity index (χ0n) is 11.2. The summed E-state index contributed by atoms with van der Waals surface area (Å²) < 4.78 is 14.5. The number of nitrogens with one attached hydrogen (secondary N) is 1. The first-order valence-corrected chi connectivity index (χ1v) is 6.97. The monoisotopic (exact) mass is 294 g/mol. The Morgan fingerprint density at radius 3 is 2.75 bits per heavy atom. The largest absolute Gasteiger partial charge is 0.351 e. The van der Waals surface area contributed by atoms with Gasteiger partial charge in [0.25, 0.3) is 0 Å². The zero-order chi connectivity index (χ0) is 14.5. The Balaban J connectivity index is 1.85. The van der Waals surface area contributed by atoms with Gasteiger partial charge in [-0.3, -0.25) is 4.79 Å². The molecule has 0 radical (unpaired) electrons. The molecule has 2 aromatic rings. The molecule has 0 saturated heterocycles. The molecule has 0 unspecified atom stereocenters. The number of carbonyl (C=O) groups excluding carboxylic acids is 1. The first-order valence-electron chi connectivity index (χ1n) is 6.09. The quantitative estimate of drug-likeness (QED) is 0.854. The number of nitrogens with zero attached hydrogens (tertiary/aromatic N) is 3. The van der Waals surface area contributed by atoms with Gasteiger partial charge in [0.05, 0.1) is 5.25 Å². The van der Waals surface area contributed by atoms with Crippen molar-refractivity contribution in [1.82, 2.24) is 20.1 Å². The summed E-state index contributed by atoms with van der Waals surface area (Å²) in [5.74, 6) is -0.381. The van der Waals surface area contributed by atoms with Gasteiger partial charge < -0.3 is 9.88 Å². The Labute approximate surface area is 120 Å². The summed E-state index contributed by atoms with van der Waals surface area (Å²) in [7, 11) is 1.82.